The zero-order chi connectivity index (χ0) is 15.3. The van der Waals surface area contributed by atoms with E-state index in [4.69, 9.17) is 0 Å². The van der Waals surface area contributed by atoms with Crippen LogP contribution in [-0.2, 0) is 9.59 Å². The smallest absolute Gasteiger partial charge is 0.262 e. The molecule has 0 aliphatic carbocycles. The lowest BCUT2D eigenvalue weighted by Crippen LogP contribution is -2.54. The number of piperidine rings is 1. The van der Waals surface area contributed by atoms with E-state index in [9.17, 15) is 19.2 Å². The highest BCUT2D eigenvalue weighted by molar-refractivity contribution is 6.24. The van der Waals surface area contributed by atoms with Gasteiger partial charge in [0, 0.05) is 6.42 Å². The van der Waals surface area contributed by atoms with E-state index in [0.29, 0.717) is 22.3 Å². The highest BCUT2D eigenvalue weighted by atomic mass is 16.2. The van der Waals surface area contributed by atoms with Crippen molar-refractivity contribution in [1.82, 2.24) is 10.2 Å². The summed E-state index contributed by atoms with van der Waals surface area (Å²) in [7, 11) is 0. The summed E-state index contributed by atoms with van der Waals surface area (Å²) in [6.07, 6.45) is 0.302. The van der Waals surface area contributed by atoms with Crippen LogP contribution in [0.2, 0.25) is 0 Å². The molecule has 1 atom stereocenters. The molecule has 0 unspecified atom stereocenters. The van der Waals surface area contributed by atoms with Gasteiger partial charge in [-0.15, -0.1) is 0 Å². The molecule has 6 heteroatoms. The van der Waals surface area contributed by atoms with Gasteiger partial charge in [0.15, 0.2) is 0 Å². The summed E-state index contributed by atoms with van der Waals surface area (Å²) in [6.45, 7) is 3.52. The molecule has 0 aromatic heterocycles. The van der Waals surface area contributed by atoms with Crippen LogP contribution in [-0.4, -0.2) is 34.6 Å². The van der Waals surface area contributed by atoms with E-state index in [1.165, 1.54) is 0 Å². The van der Waals surface area contributed by atoms with E-state index < -0.39 is 23.8 Å². The van der Waals surface area contributed by atoms with E-state index in [2.05, 4.69) is 5.32 Å². The first-order valence-corrected chi connectivity index (χ1v) is 6.73. The molecule has 2 heterocycles. The van der Waals surface area contributed by atoms with Crippen LogP contribution in [0.3, 0.4) is 0 Å². The van der Waals surface area contributed by atoms with Crippen LogP contribution >= 0.6 is 0 Å². The van der Waals surface area contributed by atoms with Gasteiger partial charge < -0.3 is 0 Å². The van der Waals surface area contributed by atoms with Crippen LogP contribution in [0.4, 0.5) is 0 Å². The van der Waals surface area contributed by atoms with Gasteiger partial charge >= 0.3 is 0 Å². The van der Waals surface area contributed by atoms with Gasteiger partial charge in [-0.05, 0) is 31.4 Å². The third kappa shape index (κ3) is 1.86. The lowest BCUT2D eigenvalue weighted by molar-refractivity contribution is -0.136. The van der Waals surface area contributed by atoms with Crippen molar-refractivity contribution in [2.75, 3.05) is 0 Å². The summed E-state index contributed by atoms with van der Waals surface area (Å²) in [5, 5.41) is 2.18. The van der Waals surface area contributed by atoms with Gasteiger partial charge in [0.1, 0.15) is 6.04 Å². The summed E-state index contributed by atoms with van der Waals surface area (Å²) >= 11 is 0. The first-order valence-electron chi connectivity index (χ1n) is 6.73. The minimum absolute atomic E-state index is 0.127. The average Bonchev–Trinajstić information content (AvgIpc) is 2.68. The zero-order valence-corrected chi connectivity index (χ0v) is 11.7. The quantitative estimate of drug-likeness (QED) is 0.770. The normalized spacial score (nSPS) is 21.6. The number of carbonyl (C=O) groups excluding carboxylic acids is 4. The van der Waals surface area contributed by atoms with Crippen molar-refractivity contribution in [2.24, 2.45) is 0 Å². The highest BCUT2D eigenvalue weighted by Gasteiger charge is 2.45. The third-order valence-corrected chi connectivity index (χ3v) is 4.01. The molecule has 1 saturated heterocycles. The monoisotopic (exact) mass is 286 g/mol. The number of fused-ring (bicyclic) bond motifs is 1. The standard InChI is InChI=1S/C15H14N2O4/c1-7-3-4-8(2)12-11(7)14(20)17(15(12)21)9-5-6-10(18)16-13(9)19/h3-4,9H,5-6H2,1-2H3,(H,16,18,19)/t9-/m0/s1. The SMILES string of the molecule is Cc1ccc(C)c2c1C(=O)N([C@H]1CCC(=O)NC1=O)C2=O. The average molecular weight is 286 g/mol. The molecular formula is C15H14N2O4. The molecule has 1 aromatic rings. The minimum atomic E-state index is -0.908. The fourth-order valence-electron chi connectivity index (χ4n) is 2.91. The number of hydrogen-bond donors (Lipinski definition) is 1. The fourth-order valence-corrected chi connectivity index (χ4v) is 2.91. The molecule has 1 N–H and O–H groups in total. The molecule has 1 aromatic carbocycles. The van der Waals surface area contributed by atoms with Crippen molar-refractivity contribution in [3.63, 3.8) is 0 Å². The molecular weight excluding hydrogens is 272 g/mol. The van der Waals surface area contributed by atoms with Crippen LogP contribution in [0.15, 0.2) is 12.1 Å². The number of hydrogen-bond acceptors (Lipinski definition) is 4. The molecule has 0 saturated carbocycles. The van der Waals surface area contributed by atoms with Gasteiger partial charge in [-0.1, -0.05) is 12.1 Å². The van der Waals surface area contributed by atoms with Crippen LogP contribution in [0, 0.1) is 13.8 Å². The molecule has 0 bridgehead atoms. The number of imide groups is 2. The predicted octanol–water partition coefficient (Wildman–Crippen LogP) is 0.705. The van der Waals surface area contributed by atoms with Gasteiger partial charge in [-0.25, -0.2) is 0 Å². The number of nitrogens with one attached hydrogen (secondary N) is 1. The van der Waals surface area contributed by atoms with Gasteiger partial charge in [0.05, 0.1) is 11.1 Å². The Morgan fingerprint density at radius 3 is 2.00 bits per heavy atom. The van der Waals surface area contributed by atoms with Crippen molar-refractivity contribution < 1.29 is 19.2 Å². The van der Waals surface area contributed by atoms with E-state index >= 15 is 0 Å². The van der Waals surface area contributed by atoms with E-state index in [-0.39, 0.29) is 18.7 Å². The summed E-state index contributed by atoms with van der Waals surface area (Å²) in [5.74, 6) is -1.87. The van der Waals surface area contributed by atoms with Crippen LogP contribution in [0.25, 0.3) is 0 Å². The molecule has 4 amide bonds. The largest absolute Gasteiger partial charge is 0.295 e. The number of aryl methyl sites for hydroxylation is 2. The van der Waals surface area contributed by atoms with Gasteiger partial charge in [0.25, 0.3) is 11.8 Å². The molecule has 3 rings (SSSR count). The Kier molecular flexibility index (Phi) is 2.90. The summed E-state index contributed by atoms with van der Waals surface area (Å²) < 4.78 is 0. The maximum atomic E-state index is 12.5. The number of rotatable bonds is 1. The Balaban J connectivity index is 2.05. The first-order chi connectivity index (χ1) is 9.91. The molecule has 0 radical (unpaired) electrons. The van der Waals surface area contributed by atoms with Crippen LogP contribution in [0.1, 0.15) is 44.7 Å². The Bertz CT molecular complexity index is 667. The highest BCUT2D eigenvalue weighted by Crippen LogP contribution is 2.31. The van der Waals surface area contributed by atoms with Crippen molar-refractivity contribution >= 4 is 23.6 Å². The van der Waals surface area contributed by atoms with Gasteiger partial charge in [-0.3, -0.25) is 29.4 Å². The Morgan fingerprint density at radius 2 is 1.52 bits per heavy atom. The molecule has 0 spiro atoms. The number of amides is 4. The fraction of sp³-hybridized carbons (Fsp3) is 0.333. The molecule has 2 aliphatic rings. The van der Waals surface area contributed by atoms with E-state index in [1.807, 2.05) is 0 Å². The summed E-state index contributed by atoms with van der Waals surface area (Å²) in [5.41, 5.74) is 2.15. The van der Waals surface area contributed by atoms with E-state index in [1.54, 1.807) is 26.0 Å². The summed E-state index contributed by atoms with van der Waals surface area (Å²) in [6, 6.07) is 2.66. The second-order valence-corrected chi connectivity index (χ2v) is 5.40. The topological polar surface area (TPSA) is 83.6 Å². The second-order valence-electron chi connectivity index (χ2n) is 5.40. The van der Waals surface area contributed by atoms with E-state index in [0.717, 1.165) is 4.90 Å². The number of nitrogens with zero attached hydrogens (tertiary/aromatic N) is 1. The maximum absolute atomic E-state index is 12.5. The molecule has 21 heavy (non-hydrogen) atoms. The van der Waals surface area contributed by atoms with Crippen LogP contribution < -0.4 is 5.32 Å². The summed E-state index contributed by atoms with van der Waals surface area (Å²) in [4.78, 5) is 49.2. The Hall–Kier alpha value is -2.50. The molecule has 6 nitrogen and oxygen atoms in total. The lowest BCUT2D eigenvalue weighted by atomic mass is 9.99. The Morgan fingerprint density at radius 1 is 1.00 bits per heavy atom. The molecule has 108 valence electrons. The van der Waals surface area contributed by atoms with Crippen molar-refractivity contribution in [3.8, 4) is 0 Å². The third-order valence-electron chi connectivity index (χ3n) is 4.01. The van der Waals surface area contributed by atoms with Crippen molar-refractivity contribution in [3.05, 3.63) is 34.4 Å². The minimum Gasteiger partial charge on any atom is -0.295 e. The van der Waals surface area contributed by atoms with Crippen molar-refractivity contribution in [1.29, 1.82) is 0 Å². The number of carbonyl (C=O) groups is 4. The first kappa shape index (κ1) is 13.5. The molecule has 2 aliphatic heterocycles. The number of benzene rings is 1. The zero-order valence-electron chi connectivity index (χ0n) is 11.7. The van der Waals surface area contributed by atoms with Gasteiger partial charge in [-0.2, -0.15) is 0 Å². The predicted molar refractivity (Wildman–Crippen MR) is 72.6 cm³/mol. The lowest BCUT2D eigenvalue weighted by Gasteiger charge is -2.27. The Labute approximate surface area is 121 Å². The second kappa shape index (κ2) is 4.51. The maximum Gasteiger partial charge on any atom is 0.262 e. The van der Waals surface area contributed by atoms with Crippen molar-refractivity contribution in [2.45, 2.75) is 32.7 Å². The van der Waals surface area contributed by atoms with Crippen LogP contribution in [0.5, 0.6) is 0 Å². The molecule has 1 fully saturated rings. The van der Waals surface area contributed by atoms with Gasteiger partial charge in [0.2, 0.25) is 11.8 Å².